The van der Waals surface area contributed by atoms with Gasteiger partial charge >= 0.3 is 0 Å². The molecule has 142 valence electrons. The van der Waals surface area contributed by atoms with Crippen molar-refractivity contribution in [3.05, 3.63) is 95.6 Å². The smallest absolute Gasteiger partial charge is 0.252 e. The molecule has 0 aliphatic rings. The maximum absolute atomic E-state index is 12.9. The largest absolute Gasteiger partial charge is 0.497 e. The molecule has 2 N–H and O–H groups in total. The van der Waals surface area contributed by atoms with Gasteiger partial charge in [-0.25, -0.2) is 0 Å². The Morgan fingerprint density at radius 3 is 2.11 bits per heavy atom. The monoisotopic (exact) mass is 374 g/mol. The van der Waals surface area contributed by atoms with E-state index in [0.29, 0.717) is 22.6 Å². The molecule has 3 aromatic carbocycles. The van der Waals surface area contributed by atoms with Crippen LogP contribution < -0.4 is 15.4 Å². The van der Waals surface area contributed by atoms with Crippen LogP contribution in [-0.4, -0.2) is 18.9 Å². The Morgan fingerprint density at radius 1 is 0.857 bits per heavy atom. The van der Waals surface area contributed by atoms with Crippen molar-refractivity contribution in [3.8, 4) is 5.75 Å². The number of rotatable bonds is 6. The van der Waals surface area contributed by atoms with Gasteiger partial charge in [0.25, 0.3) is 11.8 Å². The zero-order chi connectivity index (χ0) is 19.9. The molecule has 0 bridgehead atoms. The molecular weight excluding hydrogens is 352 g/mol. The zero-order valence-corrected chi connectivity index (χ0v) is 15.8. The lowest BCUT2D eigenvalue weighted by atomic mass is 10.0. The number of hydrogen-bond acceptors (Lipinski definition) is 3. The van der Waals surface area contributed by atoms with E-state index in [1.165, 1.54) is 0 Å². The molecule has 0 saturated heterocycles. The Morgan fingerprint density at radius 2 is 1.50 bits per heavy atom. The van der Waals surface area contributed by atoms with Gasteiger partial charge in [-0.15, -0.1) is 0 Å². The topological polar surface area (TPSA) is 67.4 Å². The highest BCUT2D eigenvalue weighted by atomic mass is 16.5. The second-order valence-electron chi connectivity index (χ2n) is 6.40. The Bertz CT molecular complexity index is 936. The van der Waals surface area contributed by atoms with Gasteiger partial charge in [-0.05, 0) is 48.9 Å². The van der Waals surface area contributed by atoms with E-state index in [-0.39, 0.29) is 11.8 Å². The highest BCUT2D eigenvalue weighted by Crippen LogP contribution is 2.19. The first-order valence-electron chi connectivity index (χ1n) is 8.94. The fraction of sp³-hybridized carbons (Fsp3) is 0.130. The summed E-state index contributed by atoms with van der Waals surface area (Å²) >= 11 is 0. The summed E-state index contributed by atoms with van der Waals surface area (Å²) in [6.45, 7) is 1.96. The minimum Gasteiger partial charge on any atom is -0.497 e. The van der Waals surface area contributed by atoms with Crippen LogP contribution in [0.15, 0.2) is 78.9 Å². The molecule has 3 rings (SSSR count). The summed E-state index contributed by atoms with van der Waals surface area (Å²) in [5.74, 6) is 0.0702. The summed E-state index contributed by atoms with van der Waals surface area (Å²) in [7, 11) is 1.58. The van der Waals surface area contributed by atoms with Crippen LogP contribution in [0.5, 0.6) is 5.75 Å². The number of benzene rings is 3. The number of carbonyl (C=O) groups excluding carboxylic acids is 2. The average Bonchev–Trinajstić information content (AvgIpc) is 2.73. The number of methoxy groups -OCH3 is 1. The van der Waals surface area contributed by atoms with Crippen molar-refractivity contribution >= 4 is 17.5 Å². The van der Waals surface area contributed by atoms with Crippen LogP contribution in [0.2, 0.25) is 0 Å². The van der Waals surface area contributed by atoms with E-state index < -0.39 is 6.04 Å². The lowest BCUT2D eigenvalue weighted by molar-refractivity contribution is -0.118. The van der Waals surface area contributed by atoms with E-state index in [0.717, 1.165) is 5.56 Å². The summed E-state index contributed by atoms with van der Waals surface area (Å²) in [6.07, 6.45) is 0. The molecule has 0 aromatic heterocycles. The number of ether oxygens (including phenoxy) is 1. The highest BCUT2D eigenvalue weighted by Gasteiger charge is 2.23. The van der Waals surface area contributed by atoms with Gasteiger partial charge in [-0.2, -0.15) is 0 Å². The van der Waals surface area contributed by atoms with Crippen molar-refractivity contribution in [2.24, 2.45) is 0 Å². The molecule has 2 amide bonds. The Balaban J connectivity index is 1.81. The van der Waals surface area contributed by atoms with Crippen LogP contribution >= 0.6 is 0 Å². The number of amides is 2. The Kier molecular flexibility index (Phi) is 6.07. The van der Waals surface area contributed by atoms with Crippen molar-refractivity contribution in [1.29, 1.82) is 0 Å². The number of carbonyl (C=O) groups is 2. The first kappa shape index (κ1) is 19.2. The summed E-state index contributed by atoms with van der Waals surface area (Å²) in [4.78, 5) is 25.6. The maximum Gasteiger partial charge on any atom is 0.252 e. The predicted octanol–water partition coefficient (Wildman–Crippen LogP) is 4.11. The summed E-state index contributed by atoms with van der Waals surface area (Å²) in [6, 6.07) is 22.6. The van der Waals surface area contributed by atoms with Crippen LogP contribution in [0.25, 0.3) is 0 Å². The van der Waals surface area contributed by atoms with Crippen molar-refractivity contribution < 1.29 is 14.3 Å². The van der Waals surface area contributed by atoms with Crippen molar-refractivity contribution in [2.45, 2.75) is 13.0 Å². The van der Waals surface area contributed by atoms with E-state index in [1.54, 1.807) is 43.5 Å². The SMILES string of the molecule is COc1ccc(NC(=O)[C@@H](NC(=O)c2ccc(C)cc2)c2ccccc2)cc1. The average molecular weight is 374 g/mol. The summed E-state index contributed by atoms with van der Waals surface area (Å²) in [5, 5.41) is 5.68. The van der Waals surface area contributed by atoms with Crippen molar-refractivity contribution in [1.82, 2.24) is 5.32 Å². The Hall–Kier alpha value is -3.60. The predicted molar refractivity (Wildman–Crippen MR) is 109 cm³/mol. The van der Waals surface area contributed by atoms with Crippen molar-refractivity contribution in [3.63, 3.8) is 0 Å². The van der Waals surface area contributed by atoms with Crippen LogP contribution in [0.4, 0.5) is 5.69 Å². The molecule has 5 nitrogen and oxygen atoms in total. The third-order valence-corrected chi connectivity index (χ3v) is 4.34. The number of aryl methyl sites for hydroxylation is 1. The normalized spacial score (nSPS) is 11.4. The molecule has 0 heterocycles. The number of nitrogens with one attached hydrogen (secondary N) is 2. The van der Waals surface area contributed by atoms with Gasteiger partial charge in [0.1, 0.15) is 11.8 Å². The van der Waals surface area contributed by atoms with Crippen molar-refractivity contribution in [2.75, 3.05) is 12.4 Å². The minimum absolute atomic E-state index is 0.307. The lowest BCUT2D eigenvalue weighted by Gasteiger charge is -2.19. The highest BCUT2D eigenvalue weighted by molar-refractivity contribution is 6.01. The van der Waals surface area contributed by atoms with Gasteiger partial charge < -0.3 is 15.4 Å². The lowest BCUT2D eigenvalue weighted by Crippen LogP contribution is -2.37. The van der Waals surface area contributed by atoms with E-state index in [1.807, 2.05) is 49.4 Å². The first-order valence-corrected chi connectivity index (χ1v) is 8.94. The molecule has 0 unspecified atom stereocenters. The number of hydrogen-bond donors (Lipinski definition) is 2. The first-order chi connectivity index (χ1) is 13.6. The minimum atomic E-state index is -0.822. The van der Waals surface area contributed by atoms with Gasteiger partial charge in [0, 0.05) is 11.3 Å². The van der Waals surface area contributed by atoms with Crippen LogP contribution in [-0.2, 0) is 4.79 Å². The molecule has 28 heavy (non-hydrogen) atoms. The van der Waals surface area contributed by atoms with Crippen LogP contribution in [0.1, 0.15) is 27.5 Å². The molecule has 0 aliphatic carbocycles. The fourth-order valence-electron chi connectivity index (χ4n) is 2.75. The Labute approximate surface area is 164 Å². The molecular formula is C23H22N2O3. The van der Waals surface area contributed by atoms with Gasteiger partial charge in [0.05, 0.1) is 7.11 Å². The second kappa shape index (κ2) is 8.86. The van der Waals surface area contributed by atoms with E-state index in [9.17, 15) is 9.59 Å². The molecule has 0 fully saturated rings. The molecule has 1 atom stereocenters. The molecule has 0 radical (unpaired) electrons. The number of anilines is 1. The zero-order valence-electron chi connectivity index (χ0n) is 15.8. The molecule has 0 saturated carbocycles. The van der Waals surface area contributed by atoms with E-state index in [2.05, 4.69) is 10.6 Å². The molecule has 5 heteroatoms. The van der Waals surface area contributed by atoms with Gasteiger partial charge in [0.15, 0.2) is 0 Å². The van der Waals surface area contributed by atoms with Gasteiger partial charge in [-0.3, -0.25) is 9.59 Å². The van der Waals surface area contributed by atoms with Crippen LogP contribution in [0, 0.1) is 6.92 Å². The van der Waals surface area contributed by atoms with Gasteiger partial charge in [0.2, 0.25) is 0 Å². The summed E-state index contributed by atoms with van der Waals surface area (Å²) < 4.78 is 5.13. The summed E-state index contributed by atoms with van der Waals surface area (Å²) in [5.41, 5.74) is 2.89. The van der Waals surface area contributed by atoms with Crippen LogP contribution in [0.3, 0.4) is 0 Å². The maximum atomic E-state index is 12.9. The van der Waals surface area contributed by atoms with E-state index in [4.69, 9.17) is 4.74 Å². The molecule has 0 aliphatic heterocycles. The molecule has 3 aromatic rings. The third-order valence-electron chi connectivity index (χ3n) is 4.34. The second-order valence-corrected chi connectivity index (χ2v) is 6.40. The quantitative estimate of drug-likeness (QED) is 0.682. The third kappa shape index (κ3) is 4.76. The van der Waals surface area contributed by atoms with E-state index >= 15 is 0 Å². The van der Waals surface area contributed by atoms with Gasteiger partial charge in [-0.1, -0.05) is 48.0 Å². The standard InChI is InChI=1S/C23H22N2O3/c1-16-8-10-18(11-9-16)22(26)25-21(17-6-4-3-5-7-17)23(27)24-19-12-14-20(28-2)15-13-19/h3-15,21H,1-2H3,(H,24,27)(H,25,26)/t21-/m0/s1. The fourth-order valence-corrected chi connectivity index (χ4v) is 2.75. The molecule has 0 spiro atoms.